The van der Waals surface area contributed by atoms with Crippen LogP contribution in [0.2, 0.25) is 0 Å². The number of likely N-dealkylation sites (N-methyl/N-ethyl adjacent to an activating group) is 1. The van der Waals surface area contributed by atoms with Crippen molar-refractivity contribution in [1.29, 1.82) is 0 Å². The minimum absolute atomic E-state index is 0.0640. The third-order valence-corrected chi connectivity index (χ3v) is 3.93. The Hall–Kier alpha value is -2.37. The van der Waals surface area contributed by atoms with Crippen LogP contribution in [0.1, 0.15) is 31.9 Å². The molecule has 132 valence electrons. The fourth-order valence-electron chi connectivity index (χ4n) is 2.34. The second-order valence-corrected chi connectivity index (χ2v) is 6.41. The summed E-state index contributed by atoms with van der Waals surface area (Å²) in [5.41, 5.74) is 2.82. The second kappa shape index (κ2) is 8.47. The lowest BCUT2D eigenvalue weighted by atomic mass is 10.0. The number of nitrogens with zero attached hydrogens (tertiary/aromatic N) is 1. The maximum absolute atomic E-state index is 12.5. The first-order valence-corrected chi connectivity index (χ1v) is 8.01. The van der Waals surface area contributed by atoms with E-state index in [1.165, 1.54) is 11.8 Å². The zero-order chi connectivity index (χ0) is 18.4. The van der Waals surface area contributed by atoms with Crippen LogP contribution in [0.3, 0.4) is 0 Å². The van der Waals surface area contributed by atoms with Crippen LogP contribution in [0.4, 0.5) is 5.69 Å². The van der Waals surface area contributed by atoms with E-state index in [9.17, 15) is 14.4 Å². The van der Waals surface area contributed by atoms with Crippen LogP contribution in [0.25, 0.3) is 0 Å². The van der Waals surface area contributed by atoms with Gasteiger partial charge in [0.1, 0.15) is 6.04 Å². The number of nitrogens with one attached hydrogen (secondary N) is 2. The zero-order valence-electron chi connectivity index (χ0n) is 15.3. The summed E-state index contributed by atoms with van der Waals surface area (Å²) < 4.78 is 0. The molecule has 0 saturated heterocycles. The van der Waals surface area contributed by atoms with Crippen molar-refractivity contribution in [3.8, 4) is 0 Å². The molecule has 0 aliphatic heterocycles. The van der Waals surface area contributed by atoms with Crippen molar-refractivity contribution >= 4 is 23.4 Å². The lowest BCUT2D eigenvalue weighted by Crippen LogP contribution is -2.51. The molecule has 1 rings (SSSR count). The molecular weight excluding hydrogens is 306 g/mol. The van der Waals surface area contributed by atoms with Gasteiger partial charge in [0, 0.05) is 19.7 Å². The molecule has 2 N–H and O–H groups in total. The van der Waals surface area contributed by atoms with Gasteiger partial charge in [-0.15, -0.1) is 0 Å². The van der Waals surface area contributed by atoms with Crippen molar-refractivity contribution in [1.82, 2.24) is 10.2 Å². The molecule has 6 heteroatoms. The van der Waals surface area contributed by atoms with Crippen molar-refractivity contribution in [2.45, 2.75) is 40.7 Å². The van der Waals surface area contributed by atoms with E-state index in [2.05, 4.69) is 10.6 Å². The maximum atomic E-state index is 12.5. The Morgan fingerprint density at radius 1 is 1.17 bits per heavy atom. The molecule has 0 aliphatic carbocycles. The summed E-state index contributed by atoms with van der Waals surface area (Å²) in [6.45, 7) is 8.91. The summed E-state index contributed by atoms with van der Waals surface area (Å²) >= 11 is 0. The number of rotatable bonds is 6. The maximum Gasteiger partial charge on any atom is 0.245 e. The predicted octanol–water partition coefficient (Wildman–Crippen LogP) is 1.86. The van der Waals surface area contributed by atoms with Gasteiger partial charge in [-0.1, -0.05) is 26.0 Å². The molecule has 0 heterocycles. The van der Waals surface area contributed by atoms with Crippen molar-refractivity contribution < 1.29 is 14.4 Å². The van der Waals surface area contributed by atoms with Crippen LogP contribution >= 0.6 is 0 Å². The van der Waals surface area contributed by atoms with Crippen LogP contribution in [0.5, 0.6) is 0 Å². The Labute approximate surface area is 143 Å². The van der Waals surface area contributed by atoms with Crippen LogP contribution in [0, 0.1) is 19.8 Å². The molecule has 0 aliphatic rings. The van der Waals surface area contributed by atoms with E-state index in [-0.39, 0.29) is 30.2 Å². The number of benzene rings is 1. The molecule has 6 nitrogen and oxygen atoms in total. The van der Waals surface area contributed by atoms with Gasteiger partial charge in [-0.3, -0.25) is 14.4 Å². The summed E-state index contributed by atoms with van der Waals surface area (Å²) in [5.74, 6) is -0.887. The van der Waals surface area contributed by atoms with E-state index < -0.39 is 6.04 Å². The van der Waals surface area contributed by atoms with E-state index in [0.29, 0.717) is 0 Å². The molecule has 1 unspecified atom stereocenters. The molecule has 0 spiro atoms. The van der Waals surface area contributed by atoms with Gasteiger partial charge >= 0.3 is 0 Å². The van der Waals surface area contributed by atoms with Crippen LogP contribution in [0.15, 0.2) is 18.2 Å². The van der Waals surface area contributed by atoms with Crippen molar-refractivity contribution in [3.05, 3.63) is 29.3 Å². The Kier molecular flexibility index (Phi) is 6.95. The van der Waals surface area contributed by atoms with Crippen molar-refractivity contribution in [3.63, 3.8) is 0 Å². The molecule has 0 fully saturated rings. The monoisotopic (exact) mass is 333 g/mol. The average molecular weight is 333 g/mol. The number of carbonyl (C=O) groups excluding carboxylic acids is 3. The van der Waals surface area contributed by atoms with Gasteiger partial charge in [-0.05, 0) is 37.0 Å². The molecule has 1 atom stereocenters. The van der Waals surface area contributed by atoms with Gasteiger partial charge in [-0.25, -0.2) is 0 Å². The van der Waals surface area contributed by atoms with Crippen molar-refractivity contribution in [2.24, 2.45) is 5.92 Å². The van der Waals surface area contributed by atoms with Gasteiger partial charge < -0.3 is 15.5 Å². The number of anilines is 1. The fraction of sp³-hybridized carbons (Fsp3) is 0.500. The Balaban J connectivity index is 2.73. The van der Waals surface area contributed by atoms with E-state index >= 15 is 0 Å². The smallest absolute Gasteiger partial charge is 0.245 e. The van der Waals surface area contributed by atoms with Gasteiger partial charge in [0.2, 0.25) is 17.7 Å². The lowest BCUT2D eigenvalue weighted by molar-refractivity contribution is -0.138. The topological polar surface area (TPSA) is 78.5 Å². The highest BCUT2D eigenvalue weighted by Crippen LogP contribution is 2.17. The lowest BCUT2D eigenvalue weighted by Gasteiger charge is -2.26. The Bertz CT molecular complexity index is 626. The molecule has 1 aromatic rings. The highest BCUT2D eigenvalue weighted by molar-refractivity contribution is 5.96. The molecule has 24 heavy (non-hydrogen) atoms. The first-order chi connectivity index (χ1) is 11.1. The molecule has 1 aromatic carbocycles. The molecule has 0 radical (unpaired) electrons. The van der Waals surface area contributed by atoms with E-state index in [1.54, 1.807) is 7.05 Å². The summed E-state index contributed by atoms with van der Waals surface area (Å²) in [6, 6.07) is 5.04. The third kappa shape index (κ3) is 5.37. The van der Waals surface area contributed by atoms with E-state index in [0.717, 1.165) is 16.8 Å². The first-order valence-electron chi connectivity index (χ1n) is 8.01. The molecule has 0 bridgehead atoms. The first kappa shape index (κ1) is 19.7. The normalized spacial score (nSPS) is 11.8. The van der Waals surface area contributed by atoms with Crippen LogP contribution in [-0.4, -0.2) is 42.3 Å². The molecule has 0 saturated carbocycles. The quantitative estimate of drug-likeness (QED) is 0.834. The number of aryl methyl sites for hydroxylation is 1. The second-order valence-electron chi connectivity index (χ2n) is 6.41. The summed E-state index contributed by atoms with van der Waals surface area (Å²) in [6.07, 6.45) is 0. The molecular formula is C18H27N3O3. The van der Waals surface area contributed by atoms with Gasteiger partial charge in [0.15, 0.2) is 0 Å². The highest BCUT2D eigenvalue weighted by atomic mass is 16.2. The fourth-order valence-corrected chi connectivity index (χ4v) is 2.34. The summed E-state index contributed by atoms with van der Waals surface area (Å²) in [7, 11) is 1.56. The number of hydrogen-bond donors (Lipinski definition) is 2. The summed E-state index contributed by atoms with van der Waals surface area (Å²) in [4.78, 5) is 37.3. The van der Waals surface area contributed by atoms with E-state index in [1.807, 2.05) is 45.9 Å². The van der Waals surface area contributed by atoms with E-state index in [4.69, 9.17) is 0 Å². The van der Waals surface area contributed by atoms with Crippen molar-refractivity contribution in [2.75, 3.05) is 18.9 Å². The predicted molar refractivity (Wildman–Crippen MR) is 94.6 cm³/mol. The summed E-state index contributed by atoms with van der Waals surface area (Å²) in [5, 5.41) is 5.46. The van der Waals surface area contributed by atoms with Crippen LogP contribution in [-0.2, 0) is 14.4 Å². The standard InChI is InChI=1S/C18H27N3O3/c1-11(2)17(19-14(5)22)18(24)21(6)10-16(23)20-15-9-7-8-12(3)13(15)4/h7-9,11,17H,10H2,1-6H3,(H,19,22)(H,20,23). The minimum Gasteiger partial charge on any atom is -0.344 e. The van der Waals surface area contributed by atoms with Crippen LogP contribution < -0.4 is 10.6 Å². The Morgan fingerprint density at radius 3 is 2.33 bits per heavy atom. The number of carbonyl (C=O) groups is 3. The zero-order valence-corrected chi connectivity index (χ0v) is 15.3. The molecule has 3 amide bonds. The SMILES string of the molecule is CC(=O)NC(C(=O)N(C)CC(=O)Nc1cccc(C)c1C)C(C)C. The minimum atomic E-state index is -0.638. The number of hydrogen-bond acceptors (Lipinski definition) is 3. The van der Waals surface area contributed by atoms with Gasteiger partial charge in [0.05, 0.1) is 6.54 Å². The Morgan fingerprint density at radius 2 is 1.79 bits per heavy atom. The van der Waals surface area contributed by atoms with Gasteiger partial charge in [0.25, 0.3) is 0 Å². The highest BCUT2D eigenvalue weighted by Gasteiger charge is 2.27. The van der Waals surface area contributed by atoms with Gasteiger partial charge in [-0.2, -0.15) is 0 Å². The number of amides is 3. The largest absolute Gasteiger partial charge is 0.344 e. The molecule has 0 aromatic heterocycles. The average Bonchev–Trinajstić information content (AvgIpc) is 2.48. The third-order valence-electron chi connectivity index (χ3n) is 3.93.